The Morgan fingerprint density at radius 2 is 1.89 bits per heavy atom. The number of hydrogen-bond acceptors (Lipinski definition) is 1. The molecule has 1 N–H and O–H groups in total. The lowest BCUT2D eigenvalue weighted by molar-refractivity contribution is 0.145. The molecule has 0 bridgehead atoms. The molecule has 0 amide bonds. The molecule has 1 heteroatoms. The molecule has 1 nitrogen and oxygen atoms in total. The standard InChI is InChI=1S/C17H27N/c1-16(2,3)17(13-8-14-18-17)12-7-11-15-9-5-4-6-10-15/h4-6,9-10,18H,7-8,11-14H2,1-3H3. The third-order valence-electron chi connectivity index (χ3n) is 4.59. The van der Waals surface area contributed by atoms with Crippen molar-refractivity contribution in [2.24, 2.45) is 5.41 Å². The molecular weight excluding hydrogens is 218 g/mol. The molecule has 1 fully saturated rings. The van der Waals surface area contributed by atoms with E-state index in [-0.39, 0.29) is 0 Å². The summed E-state index contributed by atoms with van der Waals surface area (Å²) in [5.74, 6) is 0. The van der Waals surface area contributed by atoms with E-state index in [4.69, 9.17) is 0 Å². The number of nitrogens with one attached hydrogen (secondary N) is 1. The fourth-order valence-corrected chi connectivity index (χ4v) is 3.27. The molecule has 0 aromatic heterocycles. The third kappa shape index (κ3) is 2.95. The summed E-state index contributed by atoms with van der Waals surface area (Å²) in [6.45, 7) is 8.35. The zero-order chi connectivity index (χ0) is 13.1. The molecule has 1 aromatic rings. The summed E-state index contributed by atoms with van der Waals surface area (Å²) in [6.07, 6.45) is 6.47. The van der Waals surface area contributed by atoms with Gasteiger partial charge in [-0.3, -0.25) is 0 Å². The zero-order valence-corrected chi connectivity index (χ0v) is 12.1. The second kappa shape index (κ2) is 5.44. The Morgan fingerprint density at radius 3 is 2.44 bits per heavy atom. The maximum Gasteiger partial charge on any atom is 0.0230 e. The molecule has 1 saturated heterocycles. The summed E-state index contributed by atoms with van der Waals surface area (Å²) in [7, 11) is 0. The SMILES string of the molecule is CC(C)(C)C1(CCCc2ccccc2)CCCN1. The lowest BCUT2D eigenvalue weighted by Crippen LogP contribution is -2.50. The number of benzene rings is 1. The van der Waals surface area contributed by atoms with Crippen molar-refractivity contribution in [2.75, 3.05) is 6.54 Å². The molecule has 1 heterocycles. The van der Waals surface area contributed by atoms with Gasteiger partial charge in [-0.15, -0.1) is 0 Å². The normalized spacial score (nSPS) is 24.4. The maximum absolute atomic E-state index is 3.80. The van der Waals surface area contributed by atoms with Gasteiger partial charge in [-0.05, 0) is 49.6 Å². The highest BCUT2D eigenvalue weighted by molar-refractivity contribution is 5.15. The largest absolute Gasteiger partial charge is 0.311 e. The monoisotopic (exact) mass is 245 g/mol. The lowest BCUT2D eigenvalue weighted by Gasteiger charge is -2.42. The predicted molar refractivity (Wildman–Crippen MR) is 78.8 cm³/mol. The van der Waals surface area contributed by atoms with Crippen LogP contribution in [0.4, 0.5) is 0 Å². The van der Waals surface area contributed by atoms with Crippen LogP contribution >= 0.6 is 0 Å². The van der Waals surface area contributed by atoms with Crippen LogP contribution in [-0.4, -0.2) is 12.1 Å². The topological polar surface area (TPSA) is 12.0 Å². The van der Waals surface area contributed by atoms with E-state index in [9.17, 15) is 0 Å². The first-order chi connectivity index (χ1) is 8.54. The van der Waals surface area contributed by atoms with Gasteiger partial charge in [-0.2, -0.15) is 0 Å². The first-order valence-corrected chi connectivity index (χ1v) is 7.32. The van der Waals surface area contributed by atoms with E-state index in [0.29, 0.717) is 11.0 Å². The van der Waals surface area contributed by atoms with Crippen molar-refractivity contribution in [3.8, 4) is 0 Å². The van der Waals surface area contributed by atoms with Crippen molar-refractivity contribution in [1.29, 1.82) is 0 Å². The molecule has 0 aliphatic carbocycles. The van der Waals surface area contributed by atoms with Crippen molar-refractivity contribution in [1.82, 2.24) is 5.32 Å². The summed E-state index contributed by atoms with van der Waals surface area (Å²) >= 11 is 0. The van der Waals surface area contributed by atoms with Gasteiger partial charge in [0.05, 0.1) is 0 Å². The van der Waals surface area contributed by atoms with Crippen molar-refractivity contribution in [3.63, 3.8) is 0 Å². The van der Waals surface area contributed by atoms with Crippen molar-refractivity contribution >= 4 is 0 Å². The van der Waals surface area contributed by atoms with Gasteiger partial charge in [-0.25, -0.2) is 0 Å². The second-order valence-electron chi connectivity index (χ2n) is 6.70. The Bertz CT molecular complexity index is 355. The van der Waals surface area contributed by atoms with Crippen LogP contribution in [0.15, 0.2) is 30.3 Å². The summed E-state index contributed by atoms with van der Waals surface area (Å²) in [5, 5.41) is 3.80. The van der Waals surface area contributed by atoms with Gasteiger partial charge in [0.15, 0.2) is 0 Å². The molecule has 0 radical (unpaired) electrons. The Hall–Kier alpha value is -0.820. The minimum absolute atomic E-state index is 0.361. The highest BCUT2D eigenvalue weighted by atomic mass is 15.0. The Labute approximate surface area is 112 Å². The summed E-state index contributed by atoms with van der Waals surface area (Å²) in [5.41, 5.74) is 2.20. The van der Waals surface area contributed by atoms with Gasteiger partial charge in [0.1, 0.15) is 0 Å². The fraction of sp³-hybridized carbons (Fsp3) is 0.647. The van der Waals surface area contributed by atoms with Gasteiger partial charge in [0, 0.05) is 5.54 Å². The van der Waals surface area contributed by atoms with E-state index in [1.165, 1.54) is 44.2 Å². The van der Waals surface area contributed by atoms with Crippen molar-refractivity contribution < 1.29 is 0 Å². The second-order valence-corrected chi connectivity index (χ2v) is 6.70. The molecule has 1 atom stereocenters. The predicted octanol–water partition coefficient (Wildman–Crippen LogP) is 4.18. The minimum Gasteiger partial charge on any atom is -0.311 e. The molecule has 2 rings (SSSR count). The van der Waals surface area contributed by atoms with E-state index in [0.717, 1.165) is 0 Å². The molecule has 1 unspecified atom stereocenters. The fourth-order valence-electron chi connectivity index (χ4n) is 3.27. The van der Waals surface area contributed by atoms with Crippen molar-refractivity contribution in [3.05, 3.63) is 35.9 Å². The number of rotatable bonds is 4. The minimum atomic E-state index is 0.361. The average Bonchev–Trinajstić information content (AvgIpc) is 2.80. The highest BCUT2D eigenvalue weighted by Gasteiger charge is 2.42. The van der Waals surface area contributed by atoms with Crippen LogP contribution in [0.3, 0.4) is 0 Å². The van der Waals surface area contributed by atoms with E-state index < -0.39 is 0 Å². The Kier molecular flexibility index (Phi) is 4.11. The third-order valence-corrected chi connectivity index (χ3v) is 4.59. The maximum atomic E-state index is 3.80. The highest BCUT2D eigenvalue weighted by Crippen LogP contribution is 2.40. The number of hydrogen-bond donors (Lipinski definition) is 1. The van der Waals surface area contributed by atoms with E-state index in [1.807, 2.05) is 0 Å². The molecular formula is C17H27N. The molecule has 0 spiro atoms. The van der Waals surface area contributed by atoms with Gasteiger partial charge >= 0.3 is 0 Å². The van der Waals surface area contributed by atoms with Crippen LogP contribution in [0.25, 0.3) is 0 Å². The molecule has 1 aliphatic heterocycles. The Morgan fingerprint density at radius 1 is 1.17 bits per heavy atom. The molecule has 18 heavy (non-hydrogen) atoms. The van der Waals surface area contributed by atoms with Crippen LogP contribution < -0.4 is 5.32 Å². The Balaban J connectivity index is 1.91. The first-order valence-electron chi connectivity index (χ1n) is 7.32. The number of aryl methyl sites for hydroxylation is 1. The van der Waals surface area contributed by atoms with Crippen LogP contribution in [0, 0.1) is 5.41 Å². The van der Waals surface area contributed by atoms with Crippen LogP contribution in [0.1, 0.15) is 52.0 Å². The van der Waals surface area contributed by atoms with Gasteiger partial charge in [0.25, 0.3) is 0 Å². The van der Waals surface area contributed by atoms with Gasteiger partial charge in [-0.1, -0.05) is 51.1 Å². The van der Waals surface area contributed by atoms with E-state index in [1.54, 1.807) is 0 Å². The average molecular weight is 245 g/mol. The summed E-state index contributed by atoms with van der Waals surface area (Å²) < 4.78 is 0. The molecule has 100 valence electrons. The van der Waals surface area contributed by atoms with Crippen molar-refractivity contribution in [2.45, 2.75) is 58.4 Å². The summed E-state index contributed by atoms with van der Waals surface area (Å²) in [6, 6.07) is 10.9. The molecule has 1 aliphatic rings. The van der Waals surface area contributed by atoms with Gasteiger partial charge in [0.2, 0.25) is 0 Å². The van der Waals surface area contributed by atoms with E-state index in [2.05, 4.69) is 56.4 Å². The zero-order valence-electron chi connectivity index (χ0n) is 12.1. The lowest BCUT2D eigenvalue weighted by atomic mass is 9.70. The van der Waals surface area contributed by atoms with Crippen LogP contribution in [-0.2, 0) is 6.42 Å². The summed E-state index contributed by atoms with van der Waals surface area (Å²) in [4.78, 5) is 0. The first kappa shape index (κ1) is 13.6. The van der Waals surface area contributed by atoms with Crippen LogP contribution in [0.2, 0.25) is 0 Å². The molecule has 0 saturated carbocycles. The van der Waals surface area contributed by atoms with Gasteiger partial charge < -0.3 is 5.32 Å². The quantitative estimate of drug-likeness (QED) is 0.839. The molecule has 1 aromatic carbocycles. The smallest absolute Gasteiger partial charge is 0.0230 e. The van der Waals surface area contributed by atoms with E-state index >= 15 is 0 Å². The van der Waals surface area contributed by atoms with Crippen LogP contribution in [0.5, 0.6) is 0 Å².